The summed E-state index contributed by atoms with van der Waals surface area (Å²) >= 11 is 0. The zero-order valence-corrected chi connectivity index (χ0v) is 24.1. The molecule has 1 aliphatic heterocycles. The number of furan rings is 1. The number of aryl methyl sites for hydroxylation is 2. The van der Waals surface area contributed by atoms with E-state index in [9.17, 15) is 14.4 Å². The summed E-state index contributed by atoms with van der Waals surface area (Å²) in [5, 5.41) is 10.8. The molecule has 4 aromatic carbocycles. The van der Waals surface area contributed by atoms with Gasteiger partial charge >= 0.3 is 5.97 Å². The van der Waals surface area contributed by atoms with E-state index < -0.39 is 11.9 Å². The summed E-state index contributed by atoms with van der Waals surface area (Å²) in [6.45, 7) is 3.78. The molecular formula is C35H27FN2O6. The van der Waals surface area contributed by atoms with Gasteiger partial charge in [-0.1, -0.05) is 42.0 Å². The molecule has 220 valence electrons. The van der Waals surface area contributed by atoms with Crippen molar-refractivity contribution in [2.45, 2.75) is 26.4 Å². The Balaban J connectivity index is 1.29. The van der Waals surface area contributed by atoms with Crippen LogP contribution in [-0.4, -0.2) is 13.1 Å². The molecule has 1 aliphatic rings. The molecule has 0 saturated heterocycles. The third-order valence-corrected chi connectivity index (χ3v) is 7.54. The van der Waals surface area contributed by atoms with E-state index in [4.69, 9.17) is 29.1 Å². The van der Waals surface area contributed by atoms with Gasteiger partial charge in [-0.15, -0.1) is 0 Å². The van der Waals surface area contributed by atoms with Crippen LogP contribution in [0.15, 0.2) is 94.7 Å². The van der Waals surface area contributed by atoms with Crippen LogP contribution < -0.4 is 24.7 Å². The standard InChI is InChI=1S/C35H27FN2O6/c1-19-8-12-28-25(14-19)20(2)33(43-28)35(39)42-23-10-11-24-30(16-23)44-34(38)26(17-37)32(24)21-9-13-29(31(15-21)40-3)41-18-22-6-4-5-7-27(22)36/h4-16,32H,18,38H2,1-3H3. The van der Waals surface area contributed by atoms with Crippen LogP contribution in [-0.2, 0) is 6.61 Å². The molecule has 5 aromatic rings. The maximum absolute atomic E-state index is 14.1. The fourth-order valence-corrected chi connectivity index (χ4v) is 5.28. The summed E-state index contributed by atoms with van der Waals surface area (Å²) in [6, 6.07) is 24.3. The molecule has 1 unspecified atom stereocenters. The van der Waals surface area contributed by atoms with Crippen molar-refractivity contribution in [2.75, 3.05) is 7.11 Å². The van der Waals surface area contributed by atoms with Crippen molar-refractivity contribution < 1.29 is 32.5 Å². The third-order valence-electron chi connectivity index (χ3n) is 7.54. The number of carbonyl (C=O) groups is 1. The Hall–Kier alpha value is -5.75. The van der Waals surface area contributed by atoms with Crippen LogP contribution in [0.3, 0.4) is 0 Å². The zero-order valence-electron chi connectivity index (χ0n) is 24.1. The van der Waals surface area contributed by atoms with Gasteiger partial charge in [-0.2, -0.15) is 5.26 Å². The molecule has 0 amide bonds. The molecule has 2 heterocycles. The molecule has 0 bridgehead atoms. The van der Waals surface area contributed by atoms with Crippen LogP contribution in [0.4, 0.5) is 4.39 Å². The SMILES string of the molecule is COc1cc(C2C(C#N)=C(N)Oc3cc(OC(=O)c4oc5ccc(C)cc5c4C)ccc32)ccc1OCc1ccccc1F. The summed E-state index contributed by atoms with van der Waals surface area (Å²) in [5.74, 6) is -0.254. The number of benzene rings is 4. The fraction of sp³-hybridized carbons (Fsp3) is 0.143. The number of esters is 1. The van der Waals surface area contributed by atoms with Crippen molar-refractivity contribution in [2.24, 2.45) is 5.73 Å². The molecule has 2 N–H and O–H groups in total. The van der Waals surface area contributed by atoms with Crippen LogP contribution in [0.1, 0.15) is 44.3 Å². The maximum Gasteiger partial charge on any atom is 0.379 e. The fourth-order valence-electron chi connectivity index (χ4n) is 5.28. The Bertz CT molecular complexity index is 2000. The van der Waals surface area contributed by atoms with E-state index in [1.165, 1.54) is 13.2 Å². The number of rotatable bonds is 7. The topological polar surface area (TPSA) is 117 Å². The van der Waals surface area contributed by atoms with E-state index in [1.54, 1.807) is 54.6 Å². The Kier molecular flexibility index (Phi) is 7.41. The summed E-state index contributed by atoms with van der Waals surface area (Å²) in [4.78, 5) is 13.1. The molecule has 8 nitrogen and oxygen atoms in total. The van der Waals surface area contributed by atoms with Crippen LogP contribution in [0.5, 0.6) is 23.0 Å². The molecule has 0 saturated carbocycles. The Morgan fingerprint density at radius 1 is 1.02 bits per heavy atom. The number of hydrogen-bond acceptors (Lipinski definition) is 8. The normalized spacial score (nSPS) is 14.0. The van der Waals surface area contributed by atoms with E-state index in [1.807, 2.05) is 32.0 Å². The van der Waals surface area contributed by atoms with Gasteiger partial charge in [-0.3, -0.25) is 0 Å². The first-order chi connectivity index (χ1) is 21.3. The number of halogens is 1. The molecule has 44 heavy (non-hydrogen) atoms. The number of methoxy groups -OCH3 is 1. The molecule has 0 radical (unpaired) electrons. The minimum Gasteiger partial charge on any atom is -0.493 e. The lowest BCUT2D eigenvalue weighted by atomic mass is 9.83. The van der Waals surface area contributed by atoms with Gasteiger partial charge in [0.15, 0.2) is 11.5 Å². The van der Waals surface area contributed by atoms with Gasteiger partial charge in [0.05, 0.1) is 13.0 Å². The van der Waals surface area contributed by atoms with Crippen molar-refractivity contribution in [1.29, 1.82) is 5.26 Å². The lowest BCUT2D eigenvalue weighted by Gasteiger charge is -2.27. The Morgan fingerprint density at radius 2 is 1.84 bits per heavy atom. The largest absolute Gasteiger partial charge is 0.493 e. The van der Waals surface area contributed by atoms with Crippen LogP contribution in [0.2, 0.25) is 0 Å². The van der Waals surface area contributed by atoms with Crippen molar-refractivity contribution in [1.82, 2.24) is 0 Å². The van der Waals surface area contributed by atoms with Crippen LogP contribution in [0.25, 0.3) is 11.0 Å². The maximum atomic E-state index is 14.1. The predicted molar refractivity (Wildman–Crippen MR) is 160 cm³/mol. The van der Waals surface area contributed by atoms with Gasteiger partial charge in [0.1, 0.15) is 41.1 Å². The number of hydrogen-bond donors (Lipinski definition) is 1. The van der Waals surface area contributed by atoms with E-state index in [2.05, 4.69) is 6.07 Å². The molecule has 1 aromatic heterocycles. The second-order valence-corrected chi connectivity index (χ2v) is 10.4. The summed E-state index contributed by atoms with van der Waals surface area (Å²) < 4.78 is 42.8. The van der Waals surface area contributed by atoms with Gasteiger partial charge < -0.3 is 29.1 Å². The molecular weight excluding hydrogens is 563 g/mol. The van der Waals surface area contributed by atoms with E-state index in [0.29, 0.717) is 45.1 Å². The third kappa shape index (κ3) is 5.18. The number of nitrogens with zero attached hydrogens (tertiary/aromatic N) is 1. The summed E-state index contributed by atoms with van der Waals surface area (Å²) in [5.41, 5.74) is 10.5. The van der Waals surface area contributed by atoms with Gasteiger partial charge in [-0.25, -0.2) is 9.18 Å². The highest BCUT2D eigenvalue weighted by atomic mass is 19.1. The predicted octanol–water partition coefficient (Wildman–Crippen LogP) is 7.21. The highest BCUT2D eigenvalue weighted by Crippen LogP contribution is 2.45. The first kappa shape index (κ1) is 28.4. The number of carbonyl (C=O) groups excluding carboxylic acids is 1. The zero-order chi connectivity index (χ0) is 31.0. The van der Waals surface area contributed by atoms with Gasteiger partial charge in [-0.05, 0) is 55.8 Å². The second kappa shape index (κ2) is 11.5. The average Bonchev–Trinajstić information content (AvgIpc) is 3.35. The Morgan fingerprint density at radius 3 is 2.61 bits per heavy atom. The monoisotopic (exact) mass is 590 g/mol. The number of fused-ring (bicyclic) bond motifs is 2. The van der Waals surface area contributed by atoms with E-state index in [0.717, 1.165) is 10.9 Å². The minimum absolute atomic E-state index is 0.00741. The number of nitriles is 1. The molecule has 1 atom stereocenters. The van der Waals surface area contributed by atoms with Crippen molar-refractivity contribution in [3.8, 4) is 29.1 Å². The summed E-state index contributed by atoms with van der Waals surface area (Å²) in [7, 11) is 1.49. The van der Waals surface area contributed by atoms with Crippen molar-refractivity contribution in [3.63, 3.8) is 0 Å². The first-order valence-corrected chi connectivity index (χ1v) is 13.7. The average molecular weight is 591 g/mol. The lowest BCUT2D eigenvalue weighted by Crippen LogP contribution is -2.21. The molecule has 6 rings (SSSR count). The Labute approximate surface area is 252 Å². The van der Waals surface area contributed by atoms with Crippen molar-refractivity contribution >= 4 is 16.9 Å². The number of allylic oxidation sites excluding steroid dienone is 1. The minimum atomic E-state index is -0.652. The van der Waals surface area contributed by atoms with Crippen molar-refractivity contribution in [3.05, 3.63) is 130 Å². The molecule has 9 heteroatoms. The highest BCUT2D eigenvalue weighted by molar-refractivity contribution is 5.97. The highest BCUT2D eigenvalue weighted by Gasteiger charge is 2.32. The quantitative estimate of drug-likeness (QED) is 0.156. The molecule has 0 spiro atoms. The van der Waals surface area contributed by atoms with Gasteiger partial charge in [0.25, 0.3) is 0 Å². The smallest absolute Gasteiger partial charge is 0.379 e. The number of ether oxygens (including phenoxy) is 4. The van der Waals surface area contributed by atoms with Gasteiger partial charge in [0.2, 0.25) is 11.6 Å². The first-order valence-electron chi connectivity index (χ1n) is 13.7. The van der Waals surface area contributed by atoms with E-state index in [-0.39, 0.29) is 35.4 Å². The van der Waals surface area contributed by atoms with Gasteiger partial charge in [0, 0.05) is 28.1 Å². The second-order valence-electron chi connectivity index (χ2n) is 10.4. The van der Waals surface area contributed by atoms with E-state index >= 15 is 0 Å². The van der Waals surface area contributed by atoms with Crippen LogP contribution >= 0.6 is 0 Å². The molecule has 0 fully saturated rings. The lowest BCUT2D eigenvalue weighted by molar-refractivity contribution is 0.0702. The number of nitrogens with two attached hydrogens (primary N) is 1. The summed E-state index contributed by atoms with van der Waals surface area (Å²) in [6.07, 6.45) is 0. The van der Waals surface area contributed by atoms with Crippen LogP contribution in [0, 0.1) is 31.0 Å². The molecule has 0 aliphatic carbocycles.